The Morgan fingerprint density at radius 2 is 2.12 bits per heavy atom. The minimum absolute atomic E-state index is 0.00994. The number of benzene rings is 1. The Bertz CT molecular complexity index is 412. The van der Waals surface area contributed by atoms with Crippen molar-refractivity contribution in [2.45, 2.75) is 13.3 Å². The molecule has 0 saturated heterocycles. The second kappa shape index (κ2) is 5.59. The molecule has 6 nitrogen and oxygen atoms in total. The second-order valence-corrected chi connectivity index (χ2v) is 3.02. The van der Waals surface area contributed by atoms with Gasteiger partial charge in [0.05, 0.1) is 11.3 Å². The molecule has 0 aliphatic carbocycles. The van der Waals surface area contributed by atoms with Crippen LogP contribution in [0.25, 0.3) is 0 Å². The molecule has 0 saturated carbocycles. The predicted octanol–water partition coefficient (Wildman–Crippen LogP) is 1.26. The molecule has 0 bridgehead atoms. The summed E-state index contributed by atoms with van der Waals surface area (Å²) in [6, 6.07) is 5.83. The number of hydrogen-bond donors (Lipinski definition) is 1. The number of carbonyl (C=O) groups is 1. The Balaban J connectivity index is 2.61. The largest absolute Gasteiger partial charge is 0.273 e. The lowest BCUT2D eigenvalue weighted by Crippen LogP contribution is -2.19. The van der Waals surface area contributed by atoms with Crippen molar-refractivity contribution in [2.24, 2.45) is 5.10 Å². The zero-order valence-electron chi connectivity index (χ0n) is 8.71. The van der Waals surface area contributed by atoms with Gasteiger partial charge >= 0.3 is 0 Å². The number of amides is 1. The van der Waals surface area contributed by atoms with Crippen LogP contribution >= 0.6 is 0 Å². The number of nitro groups is 1. The molecule has 1 rings (SSSR count). The summed E-state index contributed by atoms with van der Waals surface area (Å²) in [4.78, 5) is 21.1. The Kier molecular flexibility index (Phi) is 4.14. The van der Waals surface area contributed by atoms with E-state index in [2.05, 4.69) is 10.5 Å². The van der Waals surface area contributed by atoms with E-state index in [1.807, 2.05) is 0 Å². The van der Waals surface area contributed by atoms with Gasteiger partial charge in [0, 0.05) is 18.3 Å². The standard InChI is InChI=1S/C10H11N3O3/c1-2-11-12-10(14)7-8-3-5-9(6-4-8)13(15)16/h2-6H,7H2,1H3,(H,12,14). The number of nitrogens with zero attached hydrogens (tertiary/aromatic N) is 2. The summed E-state index contributed by atoms with van der Waals surface area (Å²) in [6.45, 7) is 1.69. The number of hydrazone groups is 1. The zero-order valence-corrected chi connectivity index (χ0v) is 8.71. The van der Waals surface area contributed by atoms with Crippen LogP contribution in [0.2, 0.25) is 0 Å². The maximum absolute atomic E-state index is 11.2. The maximum Gasteiger partial charge on any atom is 0.269 e. The van der Waals surface area contributed by atoms with Gasteiger partial charge in [0.1, 0.15) is 0 Å². The molecule has 0 aliphatic heterocycles. The first-order valence-electron chi connectivity index (χ1n) is 4.63. The van der Waals surface area contributed by atoms with Gasteiger partial charge in [-0.3, -0.25) is 14.9 Å². The highest BCUT2D eigenvalue weighted by Crippen LogP contribution is 2.12. The van der Waals surface area contributed by atoms with Crippen molar-refractivity contribution >= 4 is 17.8 Å². The molecule has 0 atom stereocenters. The van der Waals surface area contributed by atoms with Gasteiger partial charge < -0.3 is 0 Å². The van der Waals surface area contributed by atoms with Crippen LogP contribution in [0, 0.1) is 10.1 Å². The van der Waals surface area contributed by atoms with E-state index >= 15 is 0 Å². The van der Waals surface area contributed by atoms with Crippen LogP contribution in [0.1, 0.15) is 12.5 Å². The van der Waals surface area contributed by atoms with Crippen LogP contribution in [0.15, 0.2) is 29.4 Å². The van der Waals surface area contributed by atoms with Gasteiger partial charge in [-0.15, -0.1) is 0 Å². The summed E-state index contributed by atoms with van der Waals surface area (Å²) in [7, 11) is 0. The van der Waals surface area contributed by atoms with E-state index in [-0.39, 0.29) is 18.0 Å². The molecule has 1 amide bonds. The summed E-state index contributed by atoms with van der Waals surface area (Å²) in [5.74, 6) is -0.257. The van der Waals surface area contributed by atoms with Crippen LogP contribution < -0.4 is 5.43 Å². The summed E-state index contributed by atoms with van der Waals surface area (Å²) in [6.07, 6.45) is 1.61. The molecule has 1 aromatic carbocycles. The Morgan fingerprint density at radius 1 is 1.50 bits per heavy atom. The van der Waals surface area contributed by atoms with Crippen LogP contribution in [0.4, 0.5) is 5.69 Å². The molecule has 0 heterocycles. The molecule has 16 heavy (non-hydrogen) atoms. The number of nitro benzene ring substituents is 1. The fraction of sp³-hybridized carbons (Fsp3) is 0.200. The van der Waals surface area contributed by atoms with E-state index in [0.717, 1.165) is 0 Å². The SMILES string of the molecule is CC=NNC(=O)Cc1ccc([N+](=O)[O-])cc1. The quantitative estimate of drug-likeness (QED) is 0.472. The first-order valence-corrected chi connectivity index (χ1v) is 4.63. The van der Waals surface area contributed by atoms with E-state index in [1.165, 1.54) is 18.3 Å². The topological polar surface area (TPSA) is 84.6 Å². The highest BCUT2D eigenvalue weighted by molar-refractivity contribution is 5.79. The van der Waals surface area contributed by atoms with Gasteiger partial charge in [-0.05, 0) is 12.5 Å². The molecule has 1 N–H and O–H groups in total. The lowest BCUT2D eigenvalue weighted by molar-refractivity contribution is -0.384. The Morgan fingerprint density at radius 3 is 2.62 bits per heavy atom. The Labute approximate surface area is 92.1 Å². The van der Waals surface area contributed by atoms with Crippen molar-refractivity contribution in [1.29, 1.82) is 0 Å². The molecule has 0 radical (unpaired) electrons. The first kappa shape index (κ1) is 11.8. The number of non-ortho nitro benzene ring substituents is 1. The first-order chi connectivity index (χ1) is 7.63. The second-order valence-electron chi connectivity index (χ2n) is 3.02. The minimum atomic E-state index is -0.481. The third-order valence-electron chi connectivity index (χ3n) is 1.83. The van der Waals surface area contributed by atoms with Crippen LogP contribution in [-0.2, 0) is 11.2 Å². The van der Waals surface area contributed by atoms with Crippen molar-refractivity contribution < 1.29 is 9.72 Å². The summed E-state index contributed by atoms with van der Waals surface area (Å²) in [5, 5.41) is 14.0. The molecular weight excluding hydrogens is 210 g/mol. The fourth-order valence-electron chi connectivity index (χ4n) is 1.10. The van der Waals surface area contributed by atoms with Gasteiger partial charge in [0.25, 0.3) is 5.69 Å². The average molecular weight is 221 g/mol. The fourth-order valence-corrected chi connectivity index (χ4v) is 1.10. The zero-order chi connectivity index (χ0) is 12.0. The number of nitrogens with one attached hydrogen (secondary N) is 1. The van der Waals surface area contributed by atoms with E-state index < -0.39 is 4.92 Å². The van der Waals surface area contributed by atoms with Crippen molar-refractivity contribution in [3.63, 3.8) is 0 Å². The van der Waals surface area contributed by atoms with Gasteiger partial charge in [-0.1, -0.05) is 12.1 Å². The Hall–Kier alpha value is -2.24. The summed E-state index contributed by atoms with van der Waals surface area (Å²) in [5.41, 5.74) is 3.03. The van der Waals surface area contributed by atoms with Crippen molar-refractivity contribution in [3.8, 4) is 0 Å². The van der Waals surface area contributed by atoms with Gasteiger partial charge in [-0.2, -0.15) is 5.10 Å². The lowest BCUT2D eigenvalue weighted by atomic mass is 10.1. The summed E-state index contributed by atoms with van der Waals surface area (Å²) < 4.78 is 0. The third-order valence-corrected chi connectivity index (χ3v) is 1.83. The molecule has 1 aromatic rings. The number of hydrogen-bond acceptors (Lipinski definition) is 4. The smallest absolute Gasteiger partial charge is 0.269 e. The van der Waals surface area contributed by atoms with Crippen molar-refractivity contribution in [2.75, 3.05) is 0 Å². The molecule has 0 unspecified atom stereocenters. The molecule has 0 aromatic heterocycles. The van der Waals surface area contributed by atoms with E-state index in [4.69, 9.17) is 0 Å². The van der Waals surface area contributed by atoms with E-state index in [9.17, 15) is 14.9 Å². The van der Waals surface area contributed by atoms with Crippen molar-refractivity contribution in [1.82, 2.24) is 5.43 Å². The predicted molar refractivity (Wildman–Crippen MR) is 59.1 cm³/mol. The van der Waals surface area contributed by atoms with E-state index in [1.54, 1.807) is 19.1 Å². The number of carbonyl (C=O) groups excluding carboxylic acids is 1. The monoisotopic (exact) mass is 221 g/mol. The van der Waals surface area contributed by atoms with Crippen LogP contribution in [0.3, 0.4) is 0 Å². The molecule has 84 valence electrons. The average Bonchev–Trinajstić information content (AvgIpc) is 2.27. The highest BCUT2D eigenvalue weighted by atomic mass is 16.6. The number of rotatable bonds is 4. The van der Waals surface area contributed by atoms with Crippen LogP contribution in [0.5, 0.6) is 0 Å². The molecular formula is C10H11N3O3. The third kappa shape index (κ3) is 3.49. The van der Waals surface area contributed by atoms with Crippen LogP contribution in [-0.4, -0.2) is 17.0 Å². The highest BCUT2D eigenvalue weighted by Gasteiger charge is 2.06. The molecule has 0 aliphatic rings. The van der Waals surface area contributed by atoms with Gasteiger partial charge in [-0.25, -0.2) is 5.43 Å². The molecule has 0 spiro atoms. The van der Waals surface area contributed by atoms with Crippen molar-refractivity contribution in [3.05, 3.63) is 39.9 Å². The summed E-state index contributed by atoms with van der Waals surface area (Å²) >= 11 is 0. The van der Waals surface area contributed by atoms with E-state index in [0.29, 0.717) is 5.56 Å². The van der Waals surface area contributed by atoms with Gasteiger partial charge in [0.15, 0.2) is 0 Å². The molecule has 6 heteroatoms. The normalized spacial score (nSPS) is 10.3. The molecule has 0 fully saturated rings. The maximum atomic E-state index is 11.2. The van der Waals surface area contributed by atoms with Gasteiger partial charge in [0.2, 0.25) is 5.91 Å². The lowest BCUT2D eigenvalue weighted by Gasteiger charge is -1.99. The minimum Gasteiger partial charge on any atom is -0.273 e.